The zero-order valence-corrected chi connectivity index (χ0v) is 12.6. The van der Waals surface area contributed by atoms with E-state index in [1.807, 2.05) is 24.3 Å². The largest absolute Gasteiger partial charge is 0.442 e. The van der Waals surface area contributed by atoms with Crippen LogP contribution in [0.5, 0.6) is 0 Å². The molecule has 1 saturated heterocycles. The summed E-state index contributed by atoms with van der Waals surface area (Å²) in [6.45, 7) is 2.84. The molecule has 1 N–H and O–H groups in total. The summed E-state index contributed by atoms with van der Waals surface area (Å²) in [7, 11) is 3.33. The molecule has 6 heteroatoms. The van der Waals surface area contributed by atoms with Crippen molar-refractivity contribution in [1.82, 2.24) is 10.2 Å². The van der Waals surface area contributed by atoms with E-state index < -0.39 is 0 Å². The minimum absolute atomic E-state index is 0.197. The molecule has 6 nitrogen and oxygen atoms in total. The van der Waals surface area contributed by atoms with Crippen molar-refractivity contribution in [3.05, 3.63) is 29.8 Å². The Balaban J connectivity index is 1.94. The fourth-order valence-electron chi connectivity index (χ4n) is 2.11. The van der Waals surface area contributed by atoms with Crippen LogP contribution in [0, 0.1) is 0 Å². The third-order valence-electron chi connectivity index (χ3n) is 3.42. The van der Waals surface area contributed by atoms with E-state index in [0.29, 0.717) is 13.1 Å². The van der Waals surface area contributed by atoms with E-state index in [0.717, 1.165) is 12.1 Å². The number of aryl methyl sites for hydroxylation is 1. The van der Waals surface area contributed by atoms with Crippen LogP contribution < -0.4 is 10.2 Å². The Bertz CT molecular complexity index is 513. The first-order valence-electron chi connectivity index (χ1n) is 7.03. The van der Waals surface area contributed by atoms with E-state index in [4.69, 9.17) is 4.74 Å². The van der Waals surface area contributed by atoms with E-state index in [-0.39, 0.29) is 18.2 Å². The summed E-state index contributed by atoms with van der Waals surface area (Å²) in [6.07, 6.45) is 0.264. The number of benzene rings is 1. The maximum atomic E-state index is 11.9. The van der Waals surface area contributed by atoms with Gasteiger partial charge < -0.3 is 15.0 Å². The lowest BCUT2D eigenvalue weighted by Crippen LogP contribution is -2.40. The van der Waals surface area contributed by atoms with Gasteiger partial charge in [-0.1, -0.05) is 19.1 Å². The highest BCUT2D eigenvalue weighted by atomic mass is 16.6. The Kier molecular flexibility index (Phi) is 4.67. The fraction of sp³-hybridized carbons (Fsp3) is 0.467. The number of amides is 3. The summed E-state index contributed by atoms with van der Waals surface area (Å²) in [6, 6.07) is 7.65. The van der Waals surface area contributed by atoms with Gasteiger partial charge in [0, 0.05) is 19.8 Å². The number of nitrogens with zero attached hydrogens (tertiary/aromatic N) is 2. The molecule has 0 spiro atoms. The van der Waals surface area contributed by atoms with Gasteiger partial charge in [-0.25, -0.2) is 9.59 Å². The van der Waals surface area contributed by atoms with Crippen LogP contribution in [0.25, 0.3) is 0 Å². The normalized spacial score (nSPS) is 17.6. The van der Waals surface area contributed by atoms with Crippen LogP contribution in [0.3, 0.4) is 0 Å². The minimum Gasteiger partial charge on any atom is -0.442 e. The van der Waals surface area contributed by atoms with Crippen molar-refractivity contribution in [2.75, 3.05) is 32.1 Å². The van der Waals surface area contributed by atoms with Gasteiger partial charge in [0.2, 0.25) is 0 Å². The highest BCUT2D eigenvalue weighted by Gasteiger charge is 2.32. The minimum atomic E-state index is -0.372. The molecule has 1 unspecified atom stereocenters. The molecule has 1 aromatic rings. The molecule has 1 aromatic carbocycles. The monoisotopic (exact) mass is 291 g/mol. The zero-order valence-electron chi connectivity index (χ0n) is 12.6. The third kappa shape index (κ3) is 3.65. The lowest BCUT2D eigenvalue weighted by molar-refractivity contribution is 0.139. The lowest BCUT2D eigenvalue weighted by Gasteiger charge is -2.15. The van der Waals surface area contributed by atoms with E-state index >= 15 is 0 Å². The van der Waals surface area contributed by atoms with Gasteiger partial charge >= 0.3 is 12.1 Å². The van der Waals surface area contributed by atoms with Crippen molar-refractivity contribution in [3.63, 3.8) is 0 Å². The van der Waals surface area contributed by atoms with Gasteiger partial charge in [0.15, 0.2) is 0 Å². The number of rotatable bonds is 4. The highest BCUT2D eigenvalue weighted by Crippen LogP contribution is 2.22. The smallest absolute Gasteiger partial charge is 0.414 e. The predicted octanol–water partition coefficient (Wildman–Crippen LogP) is 1.85. The number of anilines is 1. The van der Waals surface area contributed by atoms with Crippen molar-refractivity contribution in [2.24, 2.45) is 0 Å². The van der Waals surface area contributed by atoms with Crippen molar-refractivity contribution < 1.29 is 14.3 Å². The van der Waals surface area contributed by atoms with Gasteiger partial charge in [-0.15, -0.1) is 0 Å². The maximum Gasteiger partial charge on any atom is 0.414 e. The Labute approximate surface area is 124 Å². The molecule has 3 amide bonds. The molecule has 1 heterocycles. The molecular formula is C15H21N3O3. The number of hydrogen-bond acceptors (Lipinski definition) is 3. The summed E-state index contributed by atoms with van der Waals surface area (Å²) >= 11 is 0. The van der Waals surface area contributed by atoms with E-state index in [2.05, 4.69) is 12.2 Å². The summed E-state index contributed by atoms with van der Waals surface area (Å²) in [5.41, 5.74) is 2.04. The van der Waals surface area contributed by atoms with Gasteiger partial charge in [0.05, 0.1) is 13.1 Å². The van der Waals surface area contributed by atoms with E-state index in [1.165, 1.54) is 10.5 Å². The van der Waals surface area contributed by atoms with Gasteiger partial charge in [-0.2, -0.15) is 0 Å². The summed E-state index contributed by atoms with van der Waals surface area (Å²) < 4.78 is 5.27. The van der Waals surface area contributed by atoms with Crippen LogP contribution in [-0.4, -0.2) is 50.3 Å². The fourth-order valence-corrected chi connectivity index (χ4v) is 2.11. The van der Waals surface area contributed by atoms with Crippen LogP contribution >= 0.6 is 0 Å². The highest BCUT2D eigenvalue weighted by molar-refractivity contribution is 5.89. The number of ether oxygens (including phenoxy) is 1. The Morgan fingerprint density at radius 1 is 1.38 bits per heavy atom. The number of carbonyl (C=O) groups is 2. The molecule has 2 rings (SSSR count). The second-order valence-electron chi connectivity index (χ2n) is 5.22. The number of cyclic esters (lactones) is 1. The van der Waals surface area contributed by atoms with Crippen molar-refractivity contribution in [3.8, 4) is 0 Å². The summed E-state index contributed by atoms with van der Waals surface area (Å²) in [5, 5.41) is 2.72. The van der Waals surface area contributed by atoms with Crippen molar-refractivity contribution >= 4 is 17.8 Å². The van der Waals surface area contributed by atoms with E-state index in [9.17, 15) is 9.59 Å². The molecule has 21 heavy (non-hydrogen) atoms. The molecule has 1 fully saturated rings. The first kappa shape index (κ1) is 15.2. The first-order chi connectivity index (χ1) is 10.0. The van der Waals surface area contributed by atoms with Gasteiger partial charge in [-0.3, -0.25) is 4.90 Å². The van der Waals surface area contributed by atoms with Crippen LogP contribution in [0.15, 0.2) is 24.3 Å². The van der Waals surface area contributed by atoms with Crippen molar-refractivity contribution in [2.45, 2.75) is 19.4 Å². The van der Waals surface area contributed by atoms with Gasteiger partial charge in [0.25, 0.3) is 0 Å². The lowest BCUT2D eigenvalue weighted by atomic mass is 10.1. The standard InChI is InChI=1S/C15H21N3O3/c1-4-11-5-7-12(8-6-11)18-10-13(21-15(18)20)9-16-14(19)17(2)3/h5-8,13H,4,9-10H2,1-3H3,(H,16,19). The quantitative estimate of drug-likeness (QED) is 0.921. The number of urea groups is 1. The van der Waals surface area contributed by atoms with Gasteiger partial charge in [0.1, 0.15) is 6.10 Å². The Morgan fingerprint density at radius 3 is 2.62 bits per heavy atom. The molecule has 0 bridgehead atoms. The van der Waals surface area contributed by atoms with Crippen molar-refractivity contribution in [1.29, 1.82) is 0 Å². The molecule has 1 aliphatic heterocycles. The Morgan fingerprint density at radius 2 is 2.05 bits per heavy atom. The third-order valence-corrected chi connectivity index (χ3v) is 3.42. The van der Waals surface area contributed by atoms with Gasteiger partial charge in [-0.05, 0) is 24.1 Å². The predicted molar refractivity (Wildman–Crippen MR) is 80.5 cm³/mol. The molecular weight excluding hydrogens is 270 g/mol. The number of hydrogen-bond donors (Lipinski definition) is 1. The molecule has 1 atom stereocenters. The first-order valence-corrected chi connectivity index (χ1v) is 7.03. The van der Waals surface area contributed by atoms with Crippen LogP contribution in [0.4, 0.5) is 15.3 Å². The maximum absolute atomic E-state index is 11.9. The zero-order chi connectivity index (χ0) is 15.4. The second kappa shape index (κ2) is 6.47. The molecule has 0 radical (unpaired) electrons. The molecule has 0 aliphatic carbocycles. The number of carbonyl (C=O) groups excluding carboxylic acids is 2. The summed E-state index contributed by atoms with van der Waals surface area (Å²) in [4.78, 5) is 26.4. The topological polar surface area (TPSA) is 61.9 Å². The molecule has 1 aliphatic rings. The second-order valence-corrected chi connectivity index (χ2v) is 5.22. The van der Waals surface area contributed by atoms with E-state index in [1.54, 1.807) is 19.0 Å². The molecule has 114 valence electrons. The number of nitrogens with one attached hydrogen (secondary N) is 1. The molecule has 0 saturated carbocycles. The SMILES string of the molecule is CCc1ccc(N2CC(CNC(=O)N(C)C)OC2=O)cc1. The van der Waals surface area contributed by atoms with Crippen LogP contribution in [0.2, 0.25) is 0 Å². The van der Waals surface area contributed by atoms with Crippen LogP contribution in [0.1, 0.15) is 12.5 Å². The summed E-state index contributed by atoms with van der Waals surface area (Å²) in [5.74, 6) is 0. The average molecular weight is 291 g/mol. The average Bonchev–Trinajstić information content (AvgIpc) is 2.85. The Hall–Kier alpha value is -2.24. The molecule has 0 aromatic heterocycles. The van der Waals surface area contributed by atoms with Crippen LogP contribution in [-0.2, 0) is 11.2 Å².